The molecule has 1 aromatic heterocycles. The van der Waals surface area contributed by atoms with Crippen molar-refractivity contribution in [3.8, 4) is 0 Å². The smallest absolute Gasteiger partial charge is 0.339 e. The van der Waals surface area contributed by atoms with Gasteiger partial charge in [0.25, 0.3) is 5.91 Å². The van der Waals surface area contributed by atoms with Crippen molar-refractivity contribution >= 4 is 17.6 Å². The number of carbonyl (C=O) groups excluding carboxylic acids is 2. The van der Waals surface area contributed by atoms with Gasteiger partial charge in [0.15, 0.2) is 0 Å². The first-order chi connectivity index (χ1) is 9.11. The minimum atomic E-state index is -0.497. The molecular formula is C13H13N3O3. The fourth-order valence-electron chi connectivity index (χ4n) is 1.62. The molecule has 6 heteroatoms. The van der Waals surface area contributed by atoms with E-state index in [1.165, 1.54) is 13.3 Å². The number of aryl methyl sites for hydroxylation is 1. The summed E-state index contributed by atoms with van der Waals surface area (Å²) < 4.78 is 4.69. The lowest BCUT2D eigenvalue weighted by Crippen LogP contribution is -2.16. The van der Waals surface area contributed by atoms with Crippen LogP contribution in [0.3, 0.4) is 0 Å². The van der Waals surface area contributed by atoms with E-state index in [1.807, 2.05) is 6.92 Å². The Kier molecular flexibility index (Phi) is 3.61. The number of nitrogens with one attached hydrogen (secondary N) is 2. The summed E-state index contributed by atoms with van der Waals surface area (Å²) in [5.74, 6) is -0.866. The molecule has 98 valence electrons. The number of amides is 1. The SMILES string of the molecule is COC(=O)c1cc(C)ccc1NC(=O)c1ccn[nH]1. The lowest BCUT2D eigenvalue weighted by Gasteiger charge is -2.09. The molecule has 0 unspecified atom stereocenters. The van der Waals surface area contributed by atoms with Crippen molar-refractivity contribution < 1.29 is 14.3 Å². The molecule has 0 aliphatic rings. The third-order valence-corrected chi connectivity index (χ3v) is 2.57. The van der Waals surface area contributed by atoms with E-state index in [2.05, 4.69) is 15.5 Å². The lowest BCUT2D eigenvalue weighted by molar-refractivity contribution is 0.0602. The van der Waals surface area contributed by atoms with E-state index in [-0.39, 0.29) is 5.91 Å². The molecule has 19 heavy (non-hydrogen) atoms. The second-order valence-corrected chi connectivity index (χ2v) is 3.97. The molecule has 1 aromatic carbocycles. The second-order valence-electron chi connectivity index (χ2n) is 3.97. The van der Waals surface area contributed by atoms with Crippen molar-refractivity contribution in [1.29, 1.82) is 0 Å². The van der Waals surface area contributed by atoms with Gasteiger partial charge in [-0.05, 0) is 25.1 Å². The van der Waals surface area contributed by atoms with Gasteiger partial charge in [-0.25, -0.2) is 4.79 Å². The molecule has 6 nitrogen and oxygen atoms in total. The normalized spacial score (nSPS) is 10.0. The molecule has 0 aliphatic carbocycles. The highest BCUT2D eigenvalue weighted by molar-refractivity contribution is 6.07. The molecule has 0 aliphatic heterocycles. The Hall–Kier alpha value is -2.63. The van der Waals surface area contributed by atoms with E-state index >= 15 is 0 Å². The molecule has 1 heterocycles. The number of aromatic nitrogens is 2. The minimum Gasteiger partial charge on any atom is -0.465 e. The van der Waals surface area contributed by atoms with Crippen LogP contribution in [0.4, 0.5) is 5.69 Å². The largest absolute Gasteiger partial charge is 0.465 e. The van der Waals surface area contributed by atoms with Crippen LogP contribution in [-0.2, 0) is 4.74 Å². The van der Waals surface area contributed by atoms with Crippen LogP contribution in [0.25, 0.3) is 0 Å². The standard InChI is InChI=1S/C13H13N3O3/c1-8-3-4-10(9(7-8)13(18)19-2)15-12(17)11-5-6-14-16-11/h3-7H,1-2H3,(H,14,16)(H,15,17). The number of ether oxygens (including phenoxy) is 1. The van der Waals surface area contributed by atoms with Crippen molar-refractivity contribution in [3.63, 3.8) is 0 Å². The molecule has 0 spiro atoms. The number of nitrogens with zero attached hydrogens (tertiary/aromatic N) is 1. The molecular weight excluding hydrogens is 246 g/mol. The van der Waals surface area contributed by atoms with Crippen LogP contribution >= 0.6 is 0 Å². The molecule has 2 rings (SSSR count). The topological polar surface area (TPSA) is 84.1 Å². The molecule has 0 atom stereocenters. The van der Waals surface area contributed by atoms with Crippen molar-refractivity contribution in [2.75, 3.05) is 12.4 Å². The number of anilines is 1. The van der Waals surface area contributed by atoms with Crippen molar-refractivity contribution in [1.82, 2.24) is 10.2 Å². The molecule has 1 amide bonds. The van der Waals surface area contributed by atoms with E-state index in [0.29, 0.717) is 16.9 Å². The van der Waals surface area contributed by atoms with Gasteiger partial charge in [0.2, 0.25) is 0 Å². The summed E-state index contributed by atoms with van der Waals surface area (Å²) in [5, 5.41) is 8.89. The first-order valence-electron chi connectivity index (χ1n) is 5.61. The summed E-state index contributed by atoms with van der Waals surface area (Å²) >= 11 is 0. The average Bonchev–Trinajstić information content (AvgIpc) is 2.94. The van der Waals surface area contributed by atoms with Crippen LogP contribution in [0.15, 0.2) is 30.5 Å². The highest BCUT2D eigenvalue weighted by atomic mass is 16.5. The summed E-state index contributed by atoms with van der Waals surface area (Å²) in [5.41, 5.74) is 1.93. The minimum absolute atomic E-state index is 0.315. The van der Waals surface area contributed by atoms with E-state index in [0.717, 1.165) is 5.56 Å². The Morgan fingerprint density at radius 1 is 1.32 bits per heavy atom. The van der Waals surface area contributed by atoms with Crippen LogP contribution in [0, 0.1) is 6.92 Å². The number of carbonyl (C=O) groups is 2. The summed E-state index contributed by atoms with van der Waals surface area (Å²) in [6, 6.07) is 6.67. The van der Waals surface area contributed by atoms with Gasteiger partial charge in [-0.1, -0.05) is 11.6 Å². The number of hydrogen-bond acceptors (Lipinski definition) is 4. The fraction of sp³-hybridized carbons (Fsp3) is 0.154. The number of benzene rings is 1. The van der Waals surface area contributed by atoms with Crippen LogP contribution in [-0.4, -0.2) is 29.2 Å². The van der Waals surface area contributed by atoms with Gasteiger partial charge >= 0.3 is 5.97 Å². The summed E-state index contributed by atoms with van der Waals surface area (Å²) in [4.78, 5) is 23.5. The van der Waals surface area contributed by atoms with E-state index in [9.17, 15) is 9.59 Å². The highest BCUT2D eigenvalue weighted by Gasteiger charge is 2.15. The van der Waals surface area contributed by atoms with Crippen LogP contribution in [0.2, 0.25) is 0 Å². The van der Waals surface area contributed by atoms with E-state index < -0.39 is 5.97 Å². The average molecular weight is 259 g/mol. The van der Waals surface area contributed by atoms with Gasteiger partial charge in [0, 0.05) is 6.20 Å². The van der Waals surface area contributed by atoms with Gasteiger partial charge in [-0.2, -0.15) is 5.10 Å². The number of H-pyrrole nitrogens is 1. The quantitative estimate of drug-likeness (QED) is 0.822. The third-order valence-electron chi connectivity index (χ3n) is 2.57. The second kappa shape index (κ2) is 5.34. The first-order valence-corrected chi connectivity index (χ1v) is 5.61. The predicted molar refractivity (Wildman–Crippen MR) is 69.1 cm³/mol. The summed E-state index contributed by atoms with van der Waals surface area (Å²) in [6.07, 6.45) is 1.48. The molecule has 0 saturated heterocycles. The summed E-state index contributed by atoms with van der Waals surface area (Å²) in [6.45, 7) is 1.85. The maximum atomic E-state index is 11.9. The van der Waals surface area contributed by atoms with Gasteiger partial charge in [-0.3, -0.25) is 9.89 Å². The Morgan fingerprint density at radius 2 is 2.11 bits per heavy atom. The van der Waals surface area contributed by atoms with E-state index in [1.54, 1.807) is 24.3 Å². The maximum Gasteiger partial charge on any atom is 0.339 e. The third kappa shape index (κ3) is 2.79. The molecule has 2 N–H and O–H groups in total. The van der Waals surface area contributed by atoms with Crippen molar-refractivity contribution in [2.45, 2.75) is 6.92 Å². The van der Waals surface area contributed by atoms with E-state index in [4.69, 9.17) is 4.74 Å². The van der Waals surface area contributed by atoms with Crippen LogP contribution < -0.4 is 5.32 Å². The summed E-state index contributed by atoms with van der Waals surface area (Å²) in [7, 11) is 1.30. The molecule has 0 radical (unpaired) electrons. The zero-order chi connectivity index (χ0) is 13.8. The van der Waals surface area contributed by atoms with Gasteiger partial charge in [-0.15, -0.1) is 0 Å². The highest BCUT2D eigenvalue weighted by Crippen LogP contribution is 2.19. The lowest BCUT2D eigenvalue weighted by atomic mass is 10.1. The number of hydrogen-bond donors (Lipinski definition) is 2. The van der Waals surface area contributed by atoms with Gasteiger partial charge in [0.1, 0.15) is 5.69 Å². The van der Waals surface area contributed by atoms with Gasteiger partial charge in [0.05, 0.1) is 18.4 Å². The predicted octanol–water partition coefficient (Wildman–Crippen LogP) is 1.76. The zero-order valence-electron chi connectivity index (χ0n) is 10.6. The first kappa shape index (κ1) is 12.8. The Labute approximate surface area is 109 Å². The molecule has 2 aromatic rings. The zero-order valence-corrected chi connectivity index (χ0v) is 10.6. The molecule has 0 saturated carbocycles. The van der Waals surface area contributed by atoms with Crippen LogP contribution in [0.5, 0.6) is 0 Å². The molecule has 0 fully saturated rings. The Morgan fingerprint density at radius 3 is 2.74 bits per heavy atom. The molecule has 0 bridgehead atoms. The maximum absolute atomic E-state index is 11.9. The number of rotatable bonds is 3. The van der Waals surface area contributed by atoms with Crippen LogP contribution in [0.1, 0.15) is 26.4 Å². The Bertz CT molecular complexity index is 606. The number of methoxy groups -OCH3 is 1. The van der Waals surface area contributed by atoms with Gasteiger partial charge < -0.3 is 10.1 Å². The number of aromatic amines is 1. The fourth-order valence-corrected chi connectivity index (χ4v) is 1.62. The van der Waals surface area contributed by atoms with Crippen molar-refractivity contribution in [3.05, 3.63) is 47.3 Å². The Balaban J connectivity index is 2.29. The monoisotopic (exact) mass is 259 g/mol. The van der Waals surface area contributed by atoms with Crippen molar-refractivity contribution in [2.24, 2.45) is 0 Å². The number of esters is 1.